The maximum atomic E-state index is 12.2. The molecule has 0 aliphatic carbocycles. The highest BCUT2D eigenvalue weighted by molar-refractivity contribution is 6.34. The largest absolute Gasteiger partial charge is 0.393 e. The van der Waals surface area contributed by atoms with Crippen molar-refractivity contribution in [3.05, 3.63) is 62.7 Å². The lowest BCUT2D eigenvalue weighted by molar-refractivity contribution is -0.384. The molecule has 0 bridgehead atoms. The van der Waals surface area contributed by atoms with Crippen molar-refractivity contribution in [2.45, 2.75) is 6.92 Å². The van der Waals surface area contributed by atoms with E-state index in [-0.39, 0.29) is 11.3 Å². The number of rotatable bonds is 3. The molecule has 7 heteroatoms. The third-order valence-corrected chi connectivity index (χ3v) is 3.18. The number of nitrogens with zero attached hydrogens (tertiary/aromatic N) is 1. The summed E-state index contributed by atoms with van der Waals surface area (Å²) < 4.78 is 0. The molecule has 0 spiro atoms. The van der Waals surface area contributed by atoms with Gasteiger partial charge in [-0.25, -0.2) is 0 Å². The van der Waals surface area contributed by atoms with Gasteiger partial charge >= 0.3 is 5.69 Å². The molecule has 2 rings (SSSR count). The number of halogens is 1. The molecule has 0 aromatic heterocycles. The van der Waals surface area contributed by atoms with Crippen LogP contribution < -0.4 is 11.1 Å². The summed E-state index contributed by atoms with van der Waals surface area (Å²) in [5, 5.41) is 13.9. The highest BCUT2D eigenvalue weighted by atomic mass is 35.5. The van der Waals surface area contributed by atoms with Crippen LogP contribution in [0.2, 0.25) is 5.02 Å². The van der Waals surface area contributed by atoms with Crippen molar-refractivity contribution in [1.29, 1.82) is 0 Å². The molecule has 0 fully saturated rings. The van der Waals surface area contributed by atoms with E-state index in [1.807, 2.05) is 6.92 Å². The Kier molecular flexibility index (Phi) is 4.09. The van der Waals surface area contributed by atoms with Gasteiger partial charge in [-0.3, -0.25) is 14.9 Å². The molecule has 0 saturated heterocycles. The third-order valence-electron chi connectivity index (χ3n) is 2.87. The van der Waals surface area contributed by atoms with E-state index in [1.165, 1.54) is 18.2 Å². The number of nitrogens with one attached hydrogen (secondary N) is 1. The normalized spacial score (nSPS) is 10.2. The molecule has 0 saturated carbocycles. The molecule has 0 atom stereocenters. The maximum Gasteiger partial charge on any atom is 0.304 e. The molecule has 2 aromatic carbocycles. The Morgan fingerprint density at radius 1 is 1.33 bits per heavy atom. The Morgan fingerprint density at radius 3 is 2.67 bits per heavy atom. The van der Waals surface area contributed by atoms with E-state index in [0.29, 0.717) is 10.7 Å². The summed E-state index contributed by atoms with van der Waals surface area (Å²) in [6.45, 7) is 1.86. The number of nitrogens with two attached hydrogens (primary N) is 1. The number of para-hydroxylation sites is 1. The number of anilines is 2. The first-order valence-electron chi connectivity index (χ1n) is 6.00. The van der Waals surface area contributed by atoms with Crippen LogP contribution in [0.4, 0.5) is 17.1 Å². The van der Waals surface area contributed by atoms with Crippen LogP contribution in [0.5, 0.6) is 0 Å². The second-order valence-electron chi connectivity index (χ2n) is 4.44. The minimum Gasteiger partial charge on any atom is -0.393 e. The Bertz CT molecular complexity index is 731. The fraction of sp³-hybridized carbons (Fsp3) is 0.0714. The van der Waals surface area contributed by atoms with Gasteiger partial charge in [0.05, 0.1) is 15.6 Å². The summed E-state index contributed by atoms with van der Waals surface area (Å²) in [5.74, 6) is -0.639. The van der Waals surface area contributed by atoms with E-state index in [2.05, 4.69) is 5.32 Å². The predicted octanol–water partition coefficient (Wildman–Crippen LogP) is 3.39. The molecule has 0 heterocycles. The monoisotopic (exact) mass is 305 g/mol. The summed E-state index contributed by atoms with van der Waals surface area (Å²) in [5.41, 5.74) is 6.27. The standard InChI is InChI=1S/C14H12ClN3O3/c1-8-5-6-12(10(15)7-8)17-14(19)9-3-2-4-11(16)13(9)18(20)21/h2-7H,16H2,1H3,(H,17,19). The van der Waals surface area contributed by atoms with Crippen molar-refractivity contribution in [2.75, 3.05) is 11.1 Å². The van der Waals surface area contributed by atoms with E-state index in [4.69, 9.17) is 17.3 Å². The highest BCUT2D eigenvalue weighted by Crippen LogP contribution is 2.28. The molecule has 3 N–H and O–H groups in total. The van der Waals surface area contributed by atoms with Crippen molar-refractivity contribution in [2.24, 2.45) is 0 Å². The maximum absolute atomic E-state index is 12.2. The highest BCUT2D eigenvalue weighted by Gasteiger charge is 2.23. The molecule has 0 unspecified atom stereocenters. The fourth-order valence-electron chi connectivity index (χ4n) is 1.86. The Balaban J connectivity index is 2.37. The van der Waals surface area contributed by atoms with Gasteiger partial charge in [0.2, 0.25) is 0 Å². The van der Waals surface area contributed by atoms with Gasteiger partial charge in [-0.05, 0) is 36.8 Å². The molecule has 1 amide bonds. The van der Waals surface area contributed by atoms with Crippen LogP contribution in [0, 0.1) is 17.0 Å². The van der Waals surface area contributed by atoms with Crippen molar-refractivity contribution in [3.8, 4) is 0 Å². The van der Waals surface area contributed by atoms with E-state index >= 15 is 0 Å². The molecule has 21 heavy (non-hydrogen) atoms. The van der Waals surface area contributed by atoms with Crippen molar-refractivity contribution < 1.29 is 9.72 Å². The van der Waals surface area contributed by atoms with Crippen molar-refractivity contribution >= 4 is 34.6 Å². The van der Waals surface area contributed by atoms with Crippen LogP contribution in [0.15, 0.2) is 36.4 Å². The summed E-state index contributed by atoms with van der Waals surface area (Å²) in [6, 6.07) is 9.28. The molecule has 108 valence electrons. The van der Waals surface area contributed by atoms with Gasteiger partial charge in [0, 0.05) is 0 Å². The molecule has 2 aromatic rings. The minimum absolute atomic E-state index is 0.0670. The summed E-state index contributed by atoms with van der Waals surface area (Å²) in [6.07, 6.45) is 0. The first-order valence-corrected chi connectivity index (χ1v) is 6.38. The molecule has 0 radical (unpaired) electrons. The van der Waals surface area contributed by atoms with E-state index < -0.39 is 16.5 Å². The molecular weight excluding hydrogens is 294 g/mol. The molecule has 0 aliphatic rings. The number of hydrogen-bond acceptors (Lipinski definition) is 4. The zero-order chi connectivity index (χ0) is 15.6. The number of benzene rings is 2. The SMILES string of the molecule is Cc1ccc(NC(=O)c2cccc(N)c2[N+](=O)[O-])c(Cl)c1. The van der Waals surface area contributed by atoms with Crippen LogP contribution >= 0.6 is 11.6 Å². The Hall–Kier alpha value is -2.60. The topological polar surface area (TPSA) is 98.3 Å². The smallest absolute Gasteiger partial charge is 0.304 e. The summed E-state index contributed by atoms with van der Waals surface area (Å²) in [7, 11) is 0. The molecule has 6 nitrogen and oxygen atoms in total. The van der Waals surface area contributed by atoms with Gasteiger partial charge < -0.3 is 11.1 Å². The lowest BCUT2D eigenvalue weighted by Crippen LogP contribution is -2.15. The van der Waals surface area contributed by atoms with Crippen LogP contribution in [0.25, 0.3) is 0 Å². The first-order chi connectivity index (χ1) is 9.90. The lowest BCUT2D eigenvalue weighted by Gasteiger charge is -2.09. The number of hydrogen-bond donors (Lipinski definition) is 2. The lowest BCUT2D eigenvalue weighted by atomic mass is 10.1. The number of nitro groups is 1. The average Bonchev–Trinajstić information content (AvgIpc) is 2.41. The Labute approximate surface area is 125 Å². The number of nitro benzene ring substituents is 1. The van der Waals surface area contributed by atoms with E-state index in [1.54, 1.807) is 18.2 Å². The first kappa shape index (κ1) is 14.8. The second kappa shape index (κ2) is 5.80. The van der Waals surface area contributed by atoms with Gasteiger partial charge in [-0.15, -0.1) is 0 Å². The van der Waals surface area contributed by atoms with Crippen LogP contribution in [-0.2, 0) is 0 Å². The number of nitrogen functional groups attached to an aromatic ring is 1. The number of carbonyl (C=O) groups excluding carboxylic acids is 1. The van der Waals surface area contributed by atoms with Gasteiger partial charge in [-0.2, -0.15) is 0 Å². The fourth-order valence-corrected chi connectivity index (χ4v) is 2.14. The minimum atomic E-state index is -0.680. The van der Waals surface area contributed by atoms with Crippen molar-refractivity contribution in [1.82, 2.24) is 0 Å². The quantitative estimate of drug-likeness (QED) is 0.516. The van der Waals surface area contributed by atoms with Gasteiger partial charge in [-0.1, -0.05) is 23.7 Å². The van der Waals surface area contributed by atoms with Crippen LogP contribution in [-0.4, -0.2) is 10.8 Å². The van der Waals surface area contributed by atoms with E-state index in [0.717, 1.165) is 5.56 Å². The van der Waals surface area contributed by atoms with E-state index in [9.17, 15) is 14.9 Å². The number of aryl methyl sites for hydroxylation is 1. The zero-order valence-electron chi connectivity index (χ0n) is 11.1. The van der Waals surface area contributed by atoms with Gasteiger partial charge in [0.15, 0.2) is 0 Å². The summed E-state index contributed by atoms with van der Waals surface area (Å²) in [4.78, 5) is 22.5. The van der Waals surface area contributed by atoms with Crippen LogP contribution in [0.1, 0.15) is 15.9 Å². The number of carbonyl (C=O) groups is 1. The molecular formula is C14H12ClN3O3. The second-order valence-corrected chi connectivity index (χ2v) is 4.85. The van der Waals surface area contributed by atoms with Crippen molar-refractivity contribution in [3.63, 3.8) is 0 Å². The Morgan fingerprint density at radius 2 is 2.05 bits per heavy atom. The average molecular weight is 306 g/mol. The summed E-state index contributed by atoms with van der Waals surface area (Å²) >= 11 is 6.02. The number of amides is 1. The predicted molar refractivity (Wildman–Crippen MR) is 81.7 cm³/mol. The van der Waals surface area contributed by atoms with Gasteiger partial charge in [0.25, 0.3) is 5.91 Å². The molecule has 0 aliphatic heterocycles. The third kappa shape index (κ3) is 3.11. The zero-order valence-corrected chi connectivity index (χ0v) is 11.8. The van der Waals surface area contributed by atoms with Crippen LogP contribution in [0.3, 0.4) is 0 Å². The van der Waals surface area contributed by atoms with Gasteiger partial charge in [0.1, 0.15) is 11.3 Å².